The highest BCUT2D eigenvalue weighted by atomic mass is 79.9. The first-order chi connectivity index (χ1) is 9.45. The number of alkyl halides is 1. The van der Waals surface area contributed by atoms with Crippen molar-refractivity contribution in [3.8, 4) is 0 Å². The Morgan fingerprint density at radius 2 is 1.60 bits per heavy atom. The molecule has 0 aromatic heterocycles. The number of ether oxygens (including phenoxy) is 1. The van der Waals surface area contributed by atoms with Crippen LogP contribution in [0.4, 0.5) is 0 Å². The fourth-order valence-electron chi connectivity index (χ4n) is 3.26. The Hall–Kier alpha value is -0.340. The maximum absolute atomic E-state index is 5.98. The van der Waals surface area contributed by atoms with Crippen LogP contribution in [-0.2, 0) is 4.74 Å². The van der Waals surface area contributed by atoms with Crippen molar-refractivity contribution in [2.75, 3.05) is 0 Å². The summed E-state index contributed by atoms with van der Waals surface area (Å²) in [5.41, 5.74) is 2.81. The van der Waals surface area contributed by atoms with Gasteiger partial charge in [-0.15, -0.1) is 0 Å². The molecule has 0 amide bonds. The monoisotopic (exact) mass is 338 g/mol. The Labute approximate surface area is 132 Å². The van der Waals surface area contributed by atoms with Crippen molar-refractivity contribution in [3.63, 3.8) is 0 Å². The van der Waals surface area contributed by atoms with Gasteiger partial charge < -0.3 is 4.74 Å². The standard InChI is InChI=1S/C18H27BrO/c1-6-11(2)15-7-9-16(10-8-15)18(19)17-12(3)13(4)20-14(17)5/h7-14,17-18H,6H2,1-5H3. The Bertz CT molecular complexity index is 428. The van der Waals surface area contributed by atoms with Gasteiger partial charge in [-0.1, -0.05) is 61.0 Å². The maximum Gasteiger partial charge on any atom is 0.0596 e. The van der Waals surface area contributed by atoms with Crippen molar-refractivity contribution in [1.29, 1.82) is 0 Å². The van der Waals surface area contributed by atoms with Gasteiger partial charge in [0.1, 0.15) is 0 Å². The topological polar surface area (TPSA) is 9.23 Å². The van der Waals surface area contributed by atoms with E-state index in [9.17, 15) is 0 Å². The van der Waals surface area contributed by atoms with E-state index in [1.165, 1.54) is 17.5 Å². The highest BCUT2D eigenvalue weighted by Crippen LogP contribution is 2.45. The van der Waals surface area contributed by atoms with Crippen LogP contribution in [0.2, 0.25) is 0 Å². The van der Waals surface area contributed by atoms with Crippen LogP contribution in [0.25, 0.3) is 0 Å². The van der Waals surface area contributed by atoms with Crippen LogP contribution < -0.4 is 0 Å². The van der Waals surface area contributed by atoms with E-state index in [1.54, 1.807) is 0 Å². The minimum atomic E-state index is 0.318. The summed E-state index contributed by atoms with van der Waals surface area (Å²) in [4.78, 5) is 0.378. The van der Waals surface area contributed by atoms with Gasteiger partial charge in [0, 0.05) is 10.7 Å². The van der Waals surface area contributed by atoms with Crippen molar-refractivity contribution in [2.24, 2.45) is 11.8 Å². The third kappa shape index (κ3) is 3.12. The molecule has 1 aliphatic rings. The lowest BCUT2D eigenvalue weighted by molar-refractivity contribution is 0.0511. The minimum Gasteiger partial charge on any atom is -0.375 e. The summed E-state index contributed by atoms with van der Waals surface area (Å²) in [6.45, 7) is 11.2. The summed E-state index contributed by atoms with van der Waals surface area (Å²) in [6, 6.07) is 9.13. The van der Waals surface area contributed by atoms with Crippen molar-refractivity contribution in [2.45, 2.75) is 64.0 Å². The predicted octanol–water partition coefficient (Wildman–Crippen LogP) is 5.70. The fraction of sp³-hybridized carbons (Fsp3) is 0.667. The molecule has 1 nitrogen and oxygen atoms in total. The average molecular weight is 339 g/mol. The smallest absolute Gasteiger partial charge is 0.0596 e. The lowest BCUT2D eigenvalue weighted by atomic mass is 9.84. The molecule has 0 N–H and O–H groups in total. The summed E-state index contributed by atoms with van der Waals surface area (Å²) < 4.78 is 5.98. The van der Waals surface area contributed by atoms with Crippen molar-refractivity contribution >= 4 is 15.9 Å². The van der Waals surface area contributed by atoms with Gasteiger partial charge in [0.25, 0.3) is 0 Å². The molecule has 6 unspecified atom stereocenters. The molecule has 1 fully saturated rings. The van der Waals surface area contributed by atoms with Gasteiger partial charge in [0.05, 0.1) is 12.2 Å². The van der Waals surface area contributed by atoms with Crippen molar-refractivity contribution in [3.05, 3.63) is 35.4 Å². The molecule has 0 radical (unpaired) electrons. The number of hydrogen-bond acceptors (Lipinski definition) is 1. The van der Waals surface area contributed by atoms with Crippen LogP contribution >= 0.6 is 15.9 Å². The Morgan fingerprint density at radius 3 is 2.05 bits per heavy atom. The van der Waals surface area contributed by atoms with E-state index in [2.05, 4.69) is 74.8 Å². The SMILES string of the molecule is CCC(C)c1ccc(C(Br)C2C(C)OC(C)C2C)cc1. The predicted molar refractivity (Wildman–Crippen MR) is 89.5 cm³/mol. The van der Waals surface area contributed by atoms with Crippen LogP contribution in [0, 0.1) is 11.8 Å². The molecule has 0 spiro atoms. The summed E-state index contributed by atoms with van der Waals surface area (Å²) in [6.07, 6.45) is 1.87. The minimum absolute atomic E-state index is 0.318. The average Bonchev–Trinajstić information content (AvgIpc) is 2.71. The Balaban J connectivity index is 2.15. The van der Waals surface area contributed by atoms with Gasteiger partial charge >= 0.3 is 0 Å². The van der Waals surface area contributed by atoms with Crippen LogP contribution in [0.1, 0.15) is 62.9 Å². The molecule has 0 bridgehead atoms. The summed E-state index contributed by atoms with van der Waals surface area (Å²) in [5.74, 6) is 1.77. The molecule has 1 heterocycles. The normalized spacial score (nSPS) is 33.1. The molecular formula is C18H27BrO. The molecule has 1 saturated heterocycles. The van der Waals surface area contributed by atoms with Crippen LogP contribution in [0.3, 0.4) is 0 Å². The summed E-state index contributed by atoms with van der Waals surface area (Å²) >= 11 is 3.92. The first kappa shape index (κ1) is 16.0. The van der Waals surface area contributed by atoms with Crippen LogP contribution in [0.15, 0.2) is 24.3 Å². The molecule has 2 heteroatoms. The van der Waals surface area contributed by atoms with E-state index < -0.39 is 0 Å². The summed E-state index contributed by atoms with van der Waals surface area (Å²) in [7, 11) is 0. The first-order valence-corrected chi connectivity index (χ1v) is 8.76. The lowest BCUT2D eigenvalue weighted by Crippen LogP contribution is -2.21. The third-order valence-electron chi connectivity index (χ3n) is 5.09. The largest absolute Gasteiger partial charge is 0.375 e. The van der Waals surface area contributed by atoms with Crippen LogP contribution in [0.5, 0.6) is 0 Å². The van der Waals surface area contributed by atoms with Crippen molar-refractivity contribution in [1.82, 2.24) is 0 Å². The zero-order valence-corrected chi connectivity index (χ0v) is 14.9. The van der Waals surface area contributed by atoms with E-state index in [0.717, 1.165) is 0 Å². The number of halogens is 1. The zero-order valence-electron chi connectivity index (χ0n) is 13.3. The Kier molecular flexibility index (Phi) is 5.30. The molecule has 112 valence electrons. The molecule has 6 atom stereocenters. The van der Waals surface area contributed by atoms with Gasteiger partial charge in [-0.05, 0) is 43.2 Å². The lowest BCUT2D eigenvalue weighted by Gasteiger charge is -2.25. The maximum atomic E-state index is 5.98. The highest BCUT2D eigenvalue weighted by molar-refractivity contribution is 9.09. The quantitative estimate of drug-likeness (QED) is 0.640. The van der Waals surface area contributed by atoms with Crippen molar-refractivity contribution < 1.29 is 4.74 Å². The molecule has 2 rings (SSSR count). The van der Waals surface area contributed by atoms with E-state index in [1.807, 2.05) is 0 Å². The second-order valence-corrected chi connectivity index (χ2v) is 7.35. The van der Waals surface area contributed by atoms with Gasteiger partial charge in [0.2, 0.25) is 0 Å². The fourth-order valence-corrected chi connectivity index (χ4v) is 4.48. The zero-order chi connectivity index (χ0) is 14.9. The second-order valence-electron chi connectivity index (χ2n) is 6.36. The molecule has 0 aliphatic carbocycles. The second kappa shape index (κ2) is 6.62. The summed E-state index contributed by atoms with van der Waals surface area (Å²) in [5, 5.41) is 0. The van der Waals surface area contributed by atoms with Crippen LogP contribution in [-0.4, -0.2) is 12.2 Å². The molecular weight excluding hydrogens is 312 g/mol. The molecule has 1 aromatic rings. The van der Waals surface area contributed by atoms with E-state index >= 15 is 0 Å². The van der Waals surface area contributed by atoms with Gasteiger partial charge in [0.15, 0.2) is 0 Å². The van der Waals surface area contributed by atoms with E-state index in [-0.39, 0.29) is 0 Å². The number of rotatable bonds is 4. The van der Waals surface area contributed by atoms with Gasteiger partial charge in [-0.25, -0.2) is 0 Å². The molecule has 1 aromatic carbocycles. The van der Waals surface area contributed by atoms with E-state index in [4.69, 9.17) is 4.74 Å². The number of benzene rings is 1. The first-order valence-electron chi connectivity index (χ1n) is 7.85. The van der Waals surface area contributed by atoms with E-state index in [0.29, 0.717) is 34.8 Å². The van der Waals surface area contributed by atoms with Gasteiger partial charge in [-0.2, -0.15) is 0 Å². The highest BCUT2D eigenvalue weighted by Gasteiger charge is 2.41. The molecule has 0 saturated carbocycles. The Morgan fingerprint density at radius 1 is 1.05 bits per heavy atom. The molecule has 1 aliphatic heterocycles. The number of hydrogen-bond donors (Lipinski definition) is 0. The third-order valence-corrected chi connectivity index (χ3v) is 6.23. The van der Waals surface area contributed by atoms with Gasteiger partial charge in [-0.3, -0.25) is 0 Å². The molecule has 20 heavy (non-hydrogen) atoms.